The van der Waals surface area contributed by atoms with Gasteiger partial charge >= 0.3 is 0 Å². The predicted octanol–water partition coefficient (Wildman–Crippen LogP) is 2.35. The Bertz CT molecular complexity index is 1010. The molecule has 0 saturated heterocycles. The number of aryl methyl sites for hydroxylation is 3. The van der Waals surface area contributed by atoms with E-state index in [2.05, 4.69) is 26.4 Å². The van der Waals surface area contributed by atoms with Gasteiger partial charge in [0.05, 0.1) is 16.1 Å². The van der Waals surface area contributed by atoms with Crippen LogP contribution in [0.5, 0.6) is 0 Å². The van der Waals surface area contributed by atoms with E-state index in [0.717, 1.165) is 24.4 Å². The van der Waals surface area contributed by atoms with E-state index < -0.39 is 9.84 Å². The molecule has 0 radical (unpaired) electrons. The molecule has 25 heavy (non-hydrogen) atoms. The lowest BCUT2D eigenvalue weighted by Gasteiger charge is -2.10. The topological polar surface area (TPSA) is 89.8 Å². The van der Waals surface area contributed by atoms with Gasteiger partial charge in [-0.1, -0.05) is 0 Å². The Morgan fingerprint density at radius 3 is 2.64 bits per heavy atom. The molecule has 0 atom stereocenters. The number of fused-ring (bicyclic) bond motifs is 1. The predicted molar refractivity (Wildman–Crippen MR) is 97.5 cm³/mol. The molecule has 0 amide bonds. The number of nitrogens with one attached hydrogen (secondary N) is 1. The summed E-state index contributed by atoms with van der Waals surface area (Å²) in [5, 5.41) is 8.42. The van der Waals surface area contributed by atoms with Crippen LogP contribution in [0.15, 0.2) is 35.5 Å². The standard InChI is InChI=1S/C17H21N5O2S/c1-12-9-13(2)22(21-12)8-4-7-18-17-15-10-14(25(3,23)24)5-6-16(15)19-11-20-17/h5-6,9-11H,4,7-8H2,1-3H3,(H,18,19,20). The Labute approximate surface area is 147 Å². The summed E-state index contributed by atoms with van der Waals surface area (Å²) in [6, 6.07) is 6.94. The first-order valence-electron chi connectivity index (χ1n) is 8.04. The minimum Gasteiger partial charge on any atom is -0.369 e. The van der Waals surface area contributed by atoms with E-state index in [0.29, 0.717) is 23.3 Å². The number of hydrogen-bond acceptors (Lipinski definition) is 6. The average molecular weight is 359 g/mol. The van der Waals surface area contributed by atoms with Gasteiger partial charge in [0, 0.05) is 30.4 Å². The van der Waals surface area contributed by atoms with E-state index >= 15 is 0 Å². The van der Waals surface area contributed by atoms with E-state index in [1.54, 1.807) is 18.2 Å². The van der Waals surface area contributed by atoms with Crippen LogP contribution in [0.2, 0.25) is 0 Å². The fourth-order valence-electron chi connectivity index (χ4n) is 2.74. The molecule has 0 aliphatic carbocycles. The molecule has 1 aromatic carbocycles. The third-order valence-corrected chi connectivity index (χ3v) is 5.09. The number of anilines is 1. The summed E-state index contributed by atoms with van der Waals surface area (Å²) in [5.74, 6) is 0.642. The van der Waals surface area contributed by atoms with E-state index in [4.69, 9.17) is 0 Å². The molecular formula is C17H21N5O2S. The van der Waals surface area contributed by atoms with Gasteiger partial charge in [0.2, 0.25) is 0 Å². The van der Waals surface area contributed by atoms with Crippen molar-refractivity contribution >= 4 is 26.6 Å². The number of sulfone groups is 1. The van der Waals surface area contributed by atoms with Gasteiger partial charge < -0.3 is 5.32 Å². The highest BCUT2D eigenvalue weighted by Crippen LogP contribution is 2.22. The fourth-order valence-corrected chi connectivity index (χ4v) is 3.39. The van der Waals surface area contributed by atoms with Gasteiger partial charge in [0.15, 0.2) is 9.84 Å². The number of nitrogens with zero attached hydrogens (tertiary/aromatic N) is 4. The Morgan fingerprint density at radius 2 is 1.96 bits per heavy atom. The largest absolute Gasteiger partial charge is 0.369 e. The van der Waals surface area contributed by atoms with Crippen molar-refractivity contribution in [3.05, 3.63) is 42.0 Å². The molecule has 0 unspecified atom stereocenters. The lowest BCUT2D eigenvalue weighted by atomic mass is 10.2. The molecular weight excluding hydrogens is 338 g/mol. The van der Waals surface area contributed by atoms with E-state index in [1.807, 2.05) is 18.5 Å². The summed E-state index contributed by atoms with van der Waals surface area (Å²) in [7, 11) is -3.27. The highest BCUT2D eigenvalue weighted by Gasteiger charge is 2.11. The number of benzene rings is 1. The summed E-state index contributed by atoms with van der Waals surface area (Å²) >= 11 is 0. The van der Waals surface area contributed by atoms with Crippen molar-refractivity contribution in [3.8, 4) is 0 Å². The van der Waals surface area contributed by atoms with Crippen LogP contribution < -0.4 is 5.32 Å². The second-order valence-corrected chi connectivity index (χ2v) is 8.12. The van der Waals surface area contributed by atoms with Crippen molar-refractivity contribution in [2.75, 3.05) is 18.1 Å². The lowest BCUT2D eigenvalue weighted by Crippen LogP contribution is -2.10. The van der Waals surface area contributed by atoms with Crippen molar-refractivity contribution in [2.45, 2.75) is 31.7 Å². The molecule has 0 bridgehead atoms. The van der Waals surface area contributed by atoms with Gasteiger partial charge in [-0.3, -0.25) is 4.68 Å². The van der Waals surface area contributed by atoms with E-state index in [1.165, 1.54) is 12.6 Å². The van der Waals surface area contributed by atoms with Crippen LogP contribution in [-0.2, 0) is 16.4 Å². The van der Waals surface area contributed by atoms with Crippen LogP contribution in [0.25, 0.3) is 10.9 Å². The highest BCUT2D eigenvalue weighted by atomic mass is 32.2. The molecule has 3 rings (SSSR count). The first kappa shape index (κ1) is 17.3. The molecule has 132 valence electrons. The Hall–Kier alpha value is -2.48. The van der Waals surface area contributed by atoms with Crippen molar-refractivity contribution in [3.63, 3.8) is 0 Å². The summed E-state index contributed by atoms with van der Waals surface area (Å²) < 4.78 is 25.5. The molecule has 2 heterocycles. The molecule has 0 aliphatic rings. The molecule has 3 aromatic rings. The van der Waals surface area contributed by atoms with Gasteiger partial charge in [-0.2, -0.15) is 5.10 Å². The van der Waals surface area contributed by atoms with E-state index in [9.17, 15) is 8.42 Å². The van der Waals surface area contributed by atoms with Gasteiger partial charge in [0.25, 0.3) is 0 Å². The quantitative estimate of drug-likeness (QED) is 0.680. The molecule has 1 N–H and O–H groups in total. The zero-order valence-electron chi connectivity index (χ0n) is 14.5. The SMILES string of the molecule is Cc1cc(C)n(CCCNc2ncnc3ccc(S(C)(=O)=O)cc23)n1. The number of aromatic nitrogens is 4. The monoisotopic (exact) mass is 359 g/mol. The summed E-state index contributed by atoms with van der Waals surface area (Å²) in [6.07, 6.45) is 3.55. The number of rotatable bonds is 6. The maximum absolute atomic E-state index is 11.8. The summed E-state index contributed by atoms with van der Waals surface area (Å²) in [6.45, 7) is 5.53. The third kappa shape index (κ3) is 3.96. The van der Waals surface area contributed by atoms with Crippen LogP contribution in [-0.4, -0.2) is 41.0 Å². The average Bonchev–Trinajstić information content (AvgIpc) is 2.88. The van der Waals surface area contributed by atoms with E-state index in [-0.39, 0.29) is 4.90 Å². The Morgan fingerprint density at radius 1 is 1.16 bits per heavy atom. The normalized spacial score (nSPS) is 11.8. The second-order valence-electron chi connectivity index (χ2n) is 6.10. The van der Waals surface area contributed by atoms with Crippen molar-refractivity contribution in [1.82, 2.24) is 19.7 Å². The van der Waals surface area contributed by atoms with Crippen molar-refractivity contribution in [2.24, 2.45) is 0 Å². The van der Waals surface area contributed by atoms with Crippen molar-refractivity contribution < 1.29 is 8.42 Å². The highest BCUT2D eigenvalue weighted by molar-refractivity contribution is 7.90. The van der Waals surface area contributed by atoms with Crippen LogP contribution in [0.3, 0.4) is 0 Å². The van der Waals surface area contributed by atoms with Crippen LogP contribution >= 0.6 is 0 Å². The molecule has 2 aromatic heterocycles. The third-order valence-electron chi connectivity index (χ3n) is 3.98. The van der Waals surface area contributed by atoms with Crippen LogP contribution in [0.1, 0.15) is 17.8 Å². The second kappa shape index (κ2) is 6.79. The van der Waals surface area contributed by atoms with Crippen LogP contribution in [0.4, 0.5) is 5.82 Å². The Kier molecular flexibility index (Phi) is 4.71. The minimum atomic E-state index is -3.27. The summed E-state index contributed by atoms with van der Waals surface area (Å²) in [5.41, 5.74) is 2.87. The van der Waals surface area contributed by atoms with Gasteiger partial charge in [0.1, 0.15) is 12.1 Å². The maximum Gasteiger partial charge on any atom is 0.175 e. The van der Waals surface area contributed by atoms with Gasteiger partial charge in [-0.05, 0) is 44.5 Å². The molecule has 0 fully saturated rings. The first-order chi connectivity index (χ1) is 11.8. The smallest absolute Gasteiger partial charge is 0.175 e. The van der Waals surface area contributed by atoms with Gasteiger partial charge in [-0.15, -0.1) is 0 Å². The minimum absolute atomic E-state index is 0.264. The molecule has 7 nitrogen and oxygen atoms in total. The molecule has 0 aliphatic heterocycles. The summed E-state index contributed by atoms with van der Waals surface area (Å²) in [4.78, 5) is 8.72. The molecule has 0 saturated carbocycles. The first-order valence-corrected chi connectivity index (χ1v) is 9.93. The zero-order chi connectivity index (χ0) is 18.0. The zero-order valence-corrected chi connectivity index (χ0v) is 15.3. The molecule has 0 spiro atoms. The van der Waals surface area contributed by atoms with Crippen molar-refractivity contribution in [1.29, 1.82) is 0 Å². The van der Waals surface area contributed by atoms with Gasteiger partial charge in [-0.25, -0.2) is 18.4 Å². The number of hydrogen-bond donors (Lipinski definition) is 1. The fraction of sp³-hybridized carbons (Fsp3) is 0.353. The Balaban J connectivity index is 1.73. The maximum atomic E-state index is 11.8. The lowest BCUT2D eigenvalue weighted by molar-refractivity contribution is 0.573. The molecule has 8 heteroatoms. The van der Waals surface area contributed by atoms with Crippen LogP contribution in [0, 0.1) is 13.8 Å².